The molecule has 0 radical (unpaired) electrons. The topological polar surface area (TPSA) is 59.6 Å². The number of methoxy groups -OCH3 is 2. The van der Waals surface area contributed by atoms with Gasteiger partial charge in [-0.3, -0.25) is 0 Å². The lowest BCUT2D eigenvalue weighted by atomic mass is 10.0. The Kier molecular flexibility index (Phi) is 4.34. The fraction of sp³-hybridized carbons (Fsp3) is 0.316. The van der Waals surface area contributed by atoms with Gasteiger partial charge in [0, 0.05) is 5.69 Å². The van der Waals surface area contributed by atoms with Gasteiger partial charge >= 0.3 is 6.03 Å². The smallest absolute Gasteiger partial charge is 0.319 e. The van der Waals surface area contributed by atoms with Crippen LogP contribution in [0.5, 0.6) is 11.5 Å². The van der Waals surface area contributed by atoms with Crippen molar-refractivity contribution in [1.82, 2.24) is 5.32 Å². The predicted octanol–water partition coefficient (Wildman–Crippen LogP) is 3.82. The van der Waals surface area contributed by atoms with Crippen LogP contribution in [0.1, 0.15) is 24.0 Å². The summed E-state index contributed by atoms with van der Waals surface area (Å²) in [5, 5.41) is 5.97. The number of carbonyl (C=O) groups is 1. The van der Waals surface area contributed by atoms with Crippen LogP contribution in [0.25, 0.3) is 0 Å². The van der Waals surface area contributed by atoms with Gasteiger partial charge in [-0.25, -0.2) is 4.79 Å². The number of amides is 2. The van der Waals surface area contributed by atoms with Crippen LogP contribution in [0.15, 0.2) is 42.5 Å². The molecule has 0 unspecified atom stereocenters. The number of hydrogen-bond donors (Lipinski definition) is 2. The average Bonchev–Trinajstić information content (AvgIpc) is 3.36. The molecule has 0 saturated heterocycles. The second kappa shape index (κ2) is 6.43. The fourth-order valence-electron chi connectivity index (χ4n) is 2.76. The first kappa shape index (κ1) is 16.2. The van der Waals surface area contributed by atoms with Gasteiger partial charge in [0.15, 0.2) is 11.5 Å². The van der Waals surface area contributed by atoms with Crippen LogP contribution in [0.3, 0.4) is 0 Å². The van der Waals surface area contributed by atoms with Gasteiger partial charge in [-0.2, -0.15) is 0 Å². The van der Waals surface area contributed by atoms with Gasteiger partial charge < -0.3 is 20.1 Å². The van der Waals surface area contributed by atoms with E-state index in [0.717, 1.165) is 29.7 Å². The van der Waals surface area contributed by atoms with E-state index >= 15 is 0 Å². The number of nitrogens with one attached hydrogen (secondary N) is 2. The first-order chi connectivity index (χ1) is 11.6. The molecule has 0 bridgehead atoms. The standard InChI is InChI=1S/C19H22N2O3/c1-13-4-7-15(8-5-13)20-18(22)21-19(10-11-19)14-6-9-16(23-2)17(12-14)24-3/h4-9,12H,10-11H2,1-3H3,(H2,20,21,22). The minimum atomic E-state index is -0.325. The van der Waals surface area contributed by atoms with Gasteiger partial charge in [-0.1, -0.05) is 23.8 Å². The Hall–Kier alpha value is -2.69. The number of anilines is 1. The van der Waals surface area contributed by atoms with Crippen molar-refractivity contribution in [3.8, 4) is 11.5 Å². The number of ether oxygens (including phenoxy) is 2. The number of hydrogen-bond acceptors (Lipinski definition) is 3. The minimum Gasteiger partial charge on any atom is -0.493 e. The van der Waals surface area contributed by atoms with Crippen molar-refractivity contribution in [3.63, 3.8) is 0 Å². The van der Waals surface area contributed by atoms with E-state index in [1.807, 2.05) is 49.4 Å². The van der Waals surface area contributed by atoms with Crippen molar-refractivity contribution in [2.75, 3.05) is 19.5 Å². The molecular weight excluding hydrogens is 304 g/mol. The summed E-state index contributed by atoms with van der Waals surface area (Å²) in [6.45, 7) is 2.01. The fourth-order valence-corrected chi connectivity index (χ4v) is 2.76. The third kappa shape index (κ3) is 3.30. The molecule has 5 nitrogen and oxygen atoms in total. The van der Waals surface area contributed by atoms with Crippen molar-refractivity contribution in [2.24, 2.45) is 0 Å². The van der Waals surface area contributed by atoms with Crippen molar-refractivity contribution in [3.05, 3.63) is 53.6 Å². The van der Waals surface area contributed by atoms with E-state index in [1.165, 1.54) is 0 Å². The van der Waals surface area contributed by atoms with Crippen molar-refractivity contribution < 1.29 is 14.3 Å². The van der Waals surface area contributed by atoms with Crippen LogP contribution in [0.2, 0.25) is 0 Å². The molecule has 2 aromatic carbocycles. The molecule has 1 fully saturated rings. The Bertz CT molecular complexity index is 737. The highest BCUT2D eigenvalue weighted by atomic mass is 16.5. The Morgan fingerprint density at radius 2 is 1.67 bits per heavy atom. The third-order valence-electron chi connectivity index (χ3n) is 4.35. The molecule has 0 aromatic heterocycles. The van der Waals surface area contributed by atoms with Crippen LogP contribution < -0.4 is 20.1 Å². The first-order valence-electron chi connectivity index (χ1n) is 7.95. The molecular formula is C19H22N2O3. The molecule has 0 heterocycles. The number of aryl methyl sites for hydroxylation is 1. The molecule has 2 N–H and O–H groups in total. The molecule has 1 aliphatic rings. The molecule has 1 saturated carbocycles. The number of urea groups is 1. The lowest BCUT2D eigenvalue weighted by molar-refractivity contribution is 0.247. The maximum Gasteiger partial charge on any atom is 0.319 e. The summed E-state index contributed by atoms with van der Waals surface area (Å²) in [6.07, 6.45) is 1.81. The monoisotopic (exact) mass is 326 g/mol. The molecule has 24 heavy (non-hydrogen) atoms. The van der Waals surface area contributed by atoms with Crippen LogP contribution in [-0.4, -0.2) is 20.3 Å². The maximum atomic E-state index is 12.3. The summed E-state index contributed by atoms with van der Waals surface area (Å²) in [7, 11) is 3.22. The van der Waals surface area contributed by atoms with E-state index in [1.54, 1.807) is 14.2 Å². The second-order valence-corrected chi connectivity index (χ2v) is 6.10. The summed E-state index contributed by atoms with van der Waals surface area (Å²) in [5.41, 5.74) is 2.64. The van der Waals surface area contributed by atoms with Gasteiger partial charge in [0.25, 0.3) is 0 Å². The third-order valence-corrected chi connectivity index (χ3v) is 4.35. The summed E-state index contributed by atoms with van der Waals surface area (Å²) < 4.78 is 10.6. The maximum absolute atomic E-state index is 12.3. The molecule has 126 valence electrons. The Morgan fingerprint density at radius 1 is 1.00 bits per heavy atom. The van der Waals surface area contributed by atoms with E-state index in [4.69, 9.17) is 9.47 Å². The van der Waals surface area contributed by atoms with Crippen LogP contribution in [0, 0.1) is 6.92 Å². The Morgan fingerprint density at radius 3 is 2.25 bits per heavy atom. The zero-order valence-electron chi connectivity index (χ0n) is 14.2. The molecule has 0 spiro atoms. The van der Waals surface area contributed by atoms with Crippen LogP contribution in [0.4, 0.5) is 10.5 Å². The number of rotatable bonds is 5. The highest BCUT2D eigenvalue weighted by molar-refractivity contribution is 5.90. The van der Waals surface area contributed by atoms with Gasteiger partial charge in [0.1, 0.15) is 0 Å². The summed E-state index contributed by atoms with van der Waals surface area (Å²) in [6, 6.07) is 13.3. The molecule has 5 heteroatoms. The van der Waals surface area contributed by atoms with E-state index in [9.17, 15) is 4.79 Å². The Balaban J connectivity index is 1.72. The van der Waals surface area contributed by atoms with Gasteiger partial charge in [-0.05, 0) is 49.6 Å². The lowest BCUT2D eigenvalue weighted by Crippen LogP contribution is -2.38. The molecule has 0 aliphatic heterocycles. The van der Waals surface area contributed by atoms with Crippen molar-refractivity contribution in [1.29, 1.82) is 0 Å². The molecule has 0 atom stereocenters. The van der Waals surface area contributed by atoms with Gasteiger partial charge in [-0.15, -0.1) is 0 Å². The average molecular weight is 326 g/mol. The van der Waals surface area contributed by atoms with Gasteiger partial charge in [0.2, 0.25) is 0 Å². The van der Waals surface area contributed by atoms with E-state index in [-0.39, 0.29) is 11.6 Å². The lowest BCUT2D eigenvalue weighted by Gasteiger charge is -2.20. The highest BCUT2D eigenvalue weighted by Gasteiger charge is 2.46. The summed E-state index contributed by atoms with van der Waals surface area (Å²) >= 11 is 0. The summed E-state index contributed by atoms with van der Waals surface area (Å²) in [5.74, 6) is 1.35. The molecule has 1 aliphatic carbocycles. The zero-order valence-corrected chi connectivity index (χ0v) is 14.2. The number of benzene rings is 2. The normalized spacial score (nSPS) is 14.6. The van der Waals surface area contributed by atoms with Crippen LogP contribution in [-0.2, 0) is 5.54 Å². The van der Waals surface area contributed by atoms with E-state index < -0.39 is 0 Å². The largest absolute Gasteiger partial charge is 0.493 e. The second-order valence-electron chi connectivity index (χ2n) is 6.10. The van der Waals surface area contributed by atoms with Crippen molar-refractivity contribution >= 4 is 11.7 Å². The van der Waals surface area contributed by atoms with E-state index in [0.29, 0.717) is 11.5 Å². The molecule has 2 aromatic rings. The SMILES string of the molecule is COc1ccc(C2(NC(=O)Nc3ccc(C)cc3)CC2)cc1OC. The molecule has 3 rings (SSSR count). The number of carbonyl (C=O) groups excluding carboxylic acids is 1. The highest BCUT2D eigenvalue weighted by Crippen LogP contribution is 2.47. The first-order valence-corrected chi connectivity index (χ1v) is 7.95. The minimum absolute atomic E-state index is 0.203. The quantitative estimate of drug-likeness (QED) is 0.878. The zero-order chi connectivity index (χ0) is 17.2. The molecule has 2 amide bonds. The van der Waals surface area contributed by atoms with Crippen LogP contribution >= 0.6 is 0 Å². The predicted molar refractivity (Wildman–Crippen MR) is 93.8 cm³/mol. The van der Waals surface area contributed by atoms with E-state index in [2.05, 4.69) is 10.6 Å². The van der Waals surface area contributed by atoms with Gasteiger partial charge in [0.05, 0.1) is 19.8 Å². The van der Waals surface area contributed by atoms with Crippen molar-refractivity contribution in [2.45, 2.75) is 25.3 Å². The summed E-state index contributed by atoms with van der Waals surface area (Å²) in [4.78, 5) is 12.3. The Labute approximate surface area is 142 Å².